The number of amides is 4. The molecule has 0 aromatic heterocycles. The van der Waals surface area contributed by atoms with E-state index in [1.807, 2.05) is 0 Å². The van der Waals surface area contributed by atoms with Gasteiger partial charge in [-0.15, -0.1) is 0 Å². The van der Waals surface area contributed by atoms with Crippen molar-refractivity contribution < 1.29 is 55.0 Å². The highest BCUT2D eigenvalue weighted by Gasteiger charge is 2.72. The Morgan fingerprint density at radius 1 is 0.429 bits per heavy atom. The molecule has 0 aliphatic carbocycles. The maximum atomic E-state index is 15.0. The normalized spacial score (nSPS) is 15.1. The number of hydrogen-bond acceptors (Lipinski definition) is 6. The molecule has 49 heavy (non-hydrogen) atoms. The number of halogens is 6. The Labute approximate surface area is 273 Å². The van der Waals surface area contributed by atoms with Crippen molar-refractivity contribution in [3.8, 4) is 23.0 Å². The Kier molecular flexibility index (Phi) is 8.10. The second kappa shape index (κ2) is 12.1. The summed E-state index contributed by atoms with van der Waals surface area (Å²) < 4.78 is 101. The third-order valence-corrected chi connectivity index (χ3v) is 7.63. The van der Waals surface area contributed by atoms with E-state index in [1.54, 1.807) is 0 Å². The van der Waals surface area contributed by atoms with Crippen LogP contribution in [-0.4, -0.2) is 36.0 Å². The van der Waals surface area contributed by atoms with Gasteiger partial charge in [0.25, 0.3) is 23.6 Å². The van der Waals surface area contributed by atoms with E-state index in [9.17, 15) is 19.2 Å². The molecule has 2 aliphatic heterocycles. The smallest absolute Gasteiger partial charge is 0.411 e. The van der Waals surface area contributed by atoms with Gasteiger partial charge < -0.3 is 9.47 Å². The van der Waals surface area contributed by atoms with Gasteiger partial charge in [-0.05, 0) is 59.7 Å². The van der Waals surface area contributed by atoms with E-state index in [1.165, 1.54) is 48.5 Å². The van der Waals surface area contributed by atoms with E-state index in [-0.39, 0.29) is 22.9 Å². The maximum Gasteiger partial charge on any atom is 0.411 e. The number of rotatable bonds is 8. The van der Waals surface area contributed by atoms with Crippen molar-refractivity contribution in [2.75, 3.05) is 9.80 Å². The molecule has 0 saturated carbocycles. The predicted molar refractivity (Wildman–Crippen MR) is 162 cm³/mol. The number of anilines is 2. The summed E-state index contributed by atoms with van der Waals surface area (Å²) in [6.07, 6.45) is -7.70. The number of alkyl halides is 6. The van der Waals surface area contributed by atoms with Crippen LogP contribution in [0.3, 0.4) is 0 Å². The molecule has 8 nitrogen and oxygen atoms in total. The Hall–Kier alpha value is -6.18. The van der Waals surface area contributed by atoms with Crippen LogP contribution in [0.5, 0.6) is 23.0 Å². The number of imide groups is 2. The number of hydrogen-bond donors (Lipinski definition) is 0. The van der Waals surface area contributed by atoms with Gasteiger partial charge in [0.15, 0.2) is 0 Å². The molecule has 0 bridgehead atoms. The fourth-order valence-electron chi connectivity index (χ4n) is 5.52. The number of carbonyl (C=O) groups excluding carboxylic acids is 4. The van der Waals surface area contributed by atoms with Crippen molar-refractivity contribution in [3.63, 3.8) is 0 Å². The summed E-state index contributed by atoms with van der Waals surface area (Å²) in [5, 5.41) is 0. The fourth-order valence-corrected chi connectivity index (χ4v) is 5.52. The summed E-state index contributed by atoms with van der Waals surface area (Å²) in [5.41, 5.74) is -6.85. The molecule has 4 aromatic carbocycles. The van der Waals surface area contributed by atoms with Crippen LogP contribution in [0, 0.1) is 0 Å². The summed E-state index contributed by atoms with van der Waals surface area (Å²) in [4.78, 5) is 49.9. The topological polar surface area (TPSA) is 93.2 Å². The van der Waals surface area contributed by atoms with Crippen molar-refractivity contribution in [2.24, 2.45) is 0 Å². The zero-order chi connectivity index (χ0) is 35.1. The molecule has 2 heterocycles. The van der Waals surface area contributed by atoms with Crippen molar-refractivity contribution in [2.45, 2.75) is 17.8 Å². The van der Waals surface area contributed by atoms with Crippen LogP contribution in [0.25, 0.3) is 0 Å². The van der Waals surface area contributed by atoms with Crippen LogP contribution in [0.2, 0.25) is 0 Å². The van der Waals surface area contributed by atoms with Gasteiger partial charge in [-0.2, -0.15) is 26.3 Å². The molecule has 2 aliphatic rings. The van der Waals surface area contributed by atoms with E-state index in [0.717, 1.165) is 58.4 Å². The minimum atomic E-state index is -5.94. The van der Waals surface area contributed by atoms with Crippen LogP contribution in [0.4, 0.5) is 37.7 Å². The second-order valence-electron chi connectivity index (χ2n) is 10.7. The summed E-state index contributed by atoms with van der Waals surface area (Å²) in [5.74, 6) is -3.50. The highest BCUT2D eigenvalue weighted by Crippen LogP contribution is 2.57. The molecular weight excluding hydrogens is 658 g/mol. The number of carbonyl (C=O) groups is 4. The highest BCUT2D eigenvalue weighted by atomic mass is 19.4. The molecule has 0 spiro atoms. The van der Waals surface area contributed by atoms with Gasteiger partial charge in [-0.3, -0.25) is 19.2 Å². The lowest BCUT2D eigenvalue weighted by Crippen LogP contribution is -2.54. The maximum absolute atomic E-state index is 15.0. The average Bonchev–Trinajstić information content (AvgIpc) is 3.55. The second-order valence-corrected chi connectivity index (χ2v) is 10.7. The largest absolute Gasteiger partial charge is 0.457 e. The predicted octanol–water partition coefficient (Wildman–Crippen LogP) is 7.54. The molecule has 6 rings (SSSR count). The van der Waals surface area contributed by atoms with Crippen molar-refractivity contribution in [1.82, 2.24) is 0 Å². The van der Waals surface area contributed by atoms with Crippen molar-refractivity contribution in [3.05, 3.63) is 132 Å². The van der Waals surface area contributed by atoms with Gasteiger partial charge in [0.1, 0.15) is 23.0 Å². The number of nitrogens with zero attached hydrogens (tertiary/aromatic N) is 2. The molecule has 0 saturated heterocycles. The van der Waals surface area contributed by atoms with Crippen LogP contribution in [0.15, 0.2) is 121 Å². The minimum absolute atomic E-state index is 0.0718. The lowest BCUT2D eigenvalue weighted by molar-refractivity contribution is -0.288. The standard InChI is InChI=1S/C35H20F6N2O6/c36-34(37,38)33(35(39,40)41,21-5-1-9-25(17-21)48-27-11-3-7-23(19-27)42-29(44)13-14-30(42)45)22-6-2-10-26(18-22)49-28-12-4-8-24(20-28)43-31(46)15-16-32(43)47/h1-20H. The van der Waals surface area contributed by atoms with E-state index >= 15 is 26.3 Å². The molecular formula is C35H20F6N2O6. The first-order valence-electron chi connectivity index (χ1n) is 14.2. The van der Waals surface area contributed by atoms with E-state index in [0.29, 0.717) is 24.3 Å². The van der Waals surface area contributed by atoms with Gasteiger partial charge in [-0.25, -0.2) is 9.80 Å². The van der Waals surface area contributed by atoms with Gasteiger partial charge >= 0.3 is 12.4 Å². The number of ether oxygens (including phenoxy) is 2. The number of benzene rings is 4. The summed E-state index contributed by atoms with van der Waals surface area (Å²) in [6, 6.07) is 17.6. The molecule has 4 amide bonds. The monoisotopic (exact) mass is 678 g/mol. The van der Waals surface area contributed by atoms with Crippen molar-refractivity contribution in [1.29, 1.82) is 0 Å². The lowest BCUT2D eigenvalue weighted by atomic mass is 9.73. The van der Waals surface area contributed by atoms with E-state index < -0.39 is 64.0 Å². The fraction of sp³-hybridized carbons (Fsp3) is 0.0857. The minimum Gasteiger partial charge on any atom is -0.457 e. The highest BCUT2D eigenvalue weighted by molar-refractivity contribution is 6.28. The molecule has 4 aromatic rings. The van der Waals surface area contributed by atoms with Crippen molar-refractivity contribution >= 4 is 35.0 Å². The Morgan fingerprint density at radius 2 is 0.735 bits per heavy atom. The first kappa shape index (κ1) is 32.7. The SMILES string of the molecule is O=C1C=CC(=O)N1c1cccc(Oc2cccc(C(c3cccc(Oc4cccc(N5C(=O)C=CC5=O)c4)c3)(C(F)(F)F)C(F)(F)F)c2)c1. The Balaban J connectivity index is 1.37. The van der Waals surface area contributed by atoms with E-state index in [2.05, 4.69) is 0 Å². The van der Waals surface area contributed by atoms with Crippen LogP contribution < -0.4 is 19.3 Å². The van der Waals surface area contributed by atoms with Crippen LogP contribution in [0.1, 0.15) is 11.1 Å². The molecule has 0 atom stereocenters. The average molecular weight is 679 g/mol. The van der Waals surface area contributed by atoms with Gasteiger partial charge in [0.2, 0.25) is 5.41 Å². The quantitative estimate of drug-likeness (QED) is 0.141. The summed E-state index contributed by atoms with van der Waals surface area (Å²) in [7, 11) is 0. The van der Waals surface area contributed by atoms with Gasteiger partial charge in [-0.1, -0.05) is 36.4 Å². The molecule has 14 heteroatoms. The Morgan fingerprint density at radius 3 is 1.06 bits per heavy atom. The molecule has 0 radical (unpaired) electrons. The van der Waals surface area contributed by atoms with Crippen LogP contribution in [-0.2, 0) is 24.6 Å². The first-order valence-corrected chi connectivity index (χ1v) is 14.2. The molecule has 248 valence electrons. The third kappa shape index (κ3) is 5.92. The summed E-state index contributed by atoms with van der Waals surface area (Å²) >= 11 is 0. The van der Waals surface area contributed by atoms with Gasteiger partial charge in [0.05, 0.1) is 11.4 Å². The lowest BCUT2D eigenvalue weighted by Gasteiger charge is -2.38. The van der Waals surface area contributed by atoms with Gasteiger partial charge in [0, 0.05) is 36.4 Å². The zero-order valence-electron chi connectivity index (χ0n) is 24.7. The molecule has 0 unspecified atom stereocenters. The zero-order valence-corrected chi connectivity index (χ0v) is 24.7. The first-order chi connectivity index (χ1) is 23.2. The molecule has 0 N–H and O–H groups in total. The van der Waals surface area contributed by atoms with Crippen LogP contribution >= 0.6 is 0 Å². The molecule has 0 fully saturated rings. The Bertz CT molecular complexity index is 1890. The third-order valence-electron chi connectivity index (χ3n) is 7.63. The summed E-state index contributed by atoms with van der Waals surface area (Å²) in [6.45, 7) is 0. The van der Waals surface area contributed by atoms with E-state index in [4.69, 9.17) is 9.47 Å².